The van der Waals surface area contributed by atoms with Crippen molar-refractivity contribution in [3.63, 3.8) is 0 Å². The summed E-state index contributed by atoms with van der Waals surface area (Å²) in [5.41, 5.74) is 5.22. The van der Waals surface area contributed by atoms with Gasteiger partial charge in [-0.1, -0.05) is 72.3 Å². The predicted octanol–water partition coefficient (Wildman–Crippen LogP) is 5.74. The summed E-state index contributed by atoms with van der Waals surface area (Å²) in [5, 5.41) is 3.35. The molecule has 1 aliphatic carbocycles. The number of hydrogen-bond acceptors (Lipinski definition) is 0. The third-order valence-electron chi connectivity index (χ3n) is 4.35. The molecule has 0 saturated carbocycles. The van der Waals surface area contributed by atoms with Gasteiger partial charge in [0, 0.05) is 10.9 Å². The van der Waals surface area contributed by atoms with E-state index in [4.69, 9.17) is 11.6 Å². The van der Waals surface area contributed by atoms with Gasteiger partial charge in [-0.3, -0.25) is 0 Å². The predicted molar refractivity (Wildman–Crippen MR) is 90.1 cm³/mol. The Bertz CT molecular complexity index is 861. The third kappa shape index (κ3) is 2.07. The molecule has 0 heterocycles. The van der Waals surface area contributed by atoms with Crippen molar-refractivity contribution in [1.82, 2.24) is 0 Å². The van der Waals surface area contributed by atoms with Gasteiger partial charge in [0.05, 0.1) is 0 Å². The van der Waals surface area contributed by atoms with E-state index >= 15 is 0 Å². The lowest BCUT2D eigenvalue weighted by atomic mass is 9.89. The van der Waals surface area contributed by atoms with E-state index in [2.05, 4.69) is 61.2 Å². The fourth-order valence-electron chi connectivity index (χ4n) is 3.36. The molecule has 0 unspecified atom stereocenters. The van der Waals surface area contributed by atoms with E-state index in [1.54, 1.807) is 0 Å². The van der Waals surface area contributed by atoms with Gasteiger partial charge in [-0.2, -0.15) is 0 Å². The Hall–Kier alpha value is -2.05. The number of halogens is 1. The molecule has 0 fully saturated rings. The molecule has 1 aliphatic rings. The Kier molecular flexibility index (Phi) is 2.87. The van der Waals surface area contributed by atoms with E-state index in [0.717, 1.165) is 11.4 Å². The fraction of sp³-hybridized carbons (Fsp3) is 0.100. The maximum atomic E-state index is 6.19. The highest BCUT2D eigenvalue weighted by molar-refractivity contribution is 6.30. The molecule has 0 aromatic heterocycles. The van der Waals surface area contributed by atoms with Gasteiger partial charge < -0.3 is 0 Å². The topological polar surface area (TPSA) is 0 Å². The largest absolute Gasteiger partial charge is 0.0986 e. The summed E-state index contributed by atoms with van der Waals surface area (Å²) in [6.07, 6.45) is 0.948. The summed E-state index contributed by atoms with van der Waals surface area (Å²) in [4.78, 5) is 0. The molecule has 0 amide bonds. The number of rotatable bonds is 1. The molecule has 3 aromatic rings. The monoisotopic (exact) mass is 290 g/mol. The molecule has 0 bridgehead atoms. The van der Waals surface area contributed by atoms with Crippen LogP contribution in [0.1, 0.15) is 22.6 Å². The summed E-state index contributed by atoms with van der Waals surface area (Å²) in [6, 6.07) is 21.3. The van der Waals surface area contributed by atoms with E-state index < -0.39 is 0 Å². The number of allylic oxidation sites excluding steroid dienone is 1. The maximum Gasteiger partial charge on any atom is 0.0409 e. The van der Waals surface area contributed by atoms with Crippen LogP contribution in [-0.4, -0.2) is 0 Å². The molecule has 102 valence electrons. The minimum atomic E-state index is 0.267. The molecular weight excluding hydrogens is 276 g/mol. The van der Waals surface area contributed by atoms with Gasteiger partial charge in [0.15, 0.2) is 0 Å². The van der Waals surface area contributed by atoms with Crippen LogP contribution in [0.4, 0.5) is 0 Å². The Labute approximate surface area is 129 Å². The zero-order chi connectivity index (χ0) is 14.4. The normalized spacial score (nSPS) is 17.2. The molecule has 4 rings (SSSR count). The van der Waals surface area contributed by atoms with Crippen molar-refractivity contribution in [2.24, 2.45) is 0 Å². The summed E-state index contributed by atoms with van der Waals surface area (Å²) < 4.78 is 0. The first-order valence-corrected chi connectivity index (χ1v) is 7.55. The van der Waals surface area contributed by atoms with Crippen molar-refractivity contribution in [2.45, 2.75) is 12.3 Å². The lowest BCUT2D eigenvalue weighted by Crippen LogP contribution is -1.98. The molecule has 1 atom stereocenters. The van der Waals surface area contributed by atoms with Crippen molar-refractivity contribution in [2.75, 3.05) is 0 Å². The van der Waals surface area contributed by atoms with Gasteiger partial charge in [0.25, 0.3) is 0 Å². The fourth-order valence-corrected chi connectivity index (χ4v) is 3.55. The summed E-state index contributed by atoms with van der Waals surface area (Å²) in [6.45, 7) is 4.29. The Morgan fingerprint density at radius 1 is 0.905 bits per heavy atom. The van der Waals surface area contributed by atoms with Crippen LogP contribution in [0.3, 0.4) is 0 Å². The molecular formula is C20H15Cl. The van der Waals surface area contributed by atoms with Crippen molar-refractivity contribution in [3.8, 4) is 0 Å². The molecule has 0 nitrogen and oxygen atoms in total. The molecule has 3 aromatic carbocycles. The zero-order valence-electron chi connectivity index (χ0n) is 11.6. The first kappa shape index (κ1) is 12.7. The van der Waals surface area contributed by atoms with Crippen molar-refractivity contribution in [3.05, 3.63) is 94.5 Å². The van der Waals surface area contributed by atoms with E-state index in [1.165, 1.54) is 33.0 Å². The van der Waals surface area contributed by atoms with Crippen LogP contribution in [0, 0.1) is 0 Å². The summed E-state index contributed by atoms with van der Waals surface area (Å²) in [5.74, 6) is 0.267. The van der Waals surface area contributed by atoms with E-state index in [0.29, 0.717) is 0 Å². The van der Waals surface area contributed by atoms with Crippen LogP contribution in [0.15, 0.2) is 72.8 Å². The highest BCUT2D eigenvalue weighted by Crippen LogP contribution is 2.42. The number of fused-ring (bicyclic) bond motifs is 2. The van der Waals surface area contributed by atoms with E-state index in [9.17, 15) is 0 Å². The average Bonchev–Trinajstić information content (AvgIpc) is 2.82. The SMILES string of the molecule is C=C1Cc2ccc(Cl)cc2[C@H]1c1ccc2ccccc2c1. The van der Waals surface area contributed by atoms with Gasteiger partial charge in [-0.05, 0) is 46.0 Å². The Morgan fingerprint density at radius 2 is 1.71 bits per heavy atom. The van der Waals surface area contributed by atoms with Crippen LogP contribution < -0.4 is 0 Å². The maximum absolute atomic E-state index is 6.19. The second-order valence-corrected chi connectivity index (χ2v) is 6.15. The van der Waals surface area contributed by atoms with Gasteiger partial charge in [0.2, 0.25) is 0 Å². The minimum absolute atomic E-state index is 0.267. The number of hydrogen-bond donors (Lipinski definition) is 0. The van der Waals surface area contributed by atoms with Gasteiger partial charge in [-0.25, -0.2) is 0 Å². The first-order valence-electron chi connectivity index (χ1n) is 7.17. The lowest BCUT2D eigenvalue weighted by molar-refractivity contribution is 0.990. The van der Waals surface area contributed by atoms with Crippen molar-refractivity contribution < 1.29 is 0 Å². The second-order valence-electron chi connectivity index (χ2n) is 5.72. The van der Waals surface area contributed by atoms with Gasteiger partial charge in [-0.15, -0.1) is 0 Å². The molecule has 1 heteroatoms. The van der Waals surface area contributed by atoms with Crippen molar-refractivity contribution >= 4 is 22.4 Å². The first-order chi connectivity index (χ1) is 10.2. The minimum Gasteiger partial charge on any atom is -0.0986 e. The van der Waals surface area contributed by atoms with Crippen LogP contribution in [0.25, 0.3) is 10.8 Å². The Balaban J connectivity index is 1.89. The zero-order valence-corrected chi connectivity index (χ0v) is 12.4. The van der Waals surface area contributed by atoms with Gasteiger partial charge in [0.1, 0.15) is 0 Å². The summed E-state index contributed by atoms with van der Waals surface area (Å²) >= 11 is 6.19. The molecule has 21 heavy (non-hydrogen) atoms. The highest BCUT2D eigenvalue weighted by atomic mass is 35.5. The van der Waals surface area contributed by atoms with Crippen molar-refractivity contribution in [1.29, 1.82) is 0 Å². The molecule has 0 aliphatic heterocycles. The average molecular weight is 291 g/mol. The van der Waals surface area contributed by atoms with Crippen LogP contribution >= 0.6 is 11.6 Å². The molecule has 0 radical (unpaired) electrons. The highest BCUT2D eigenvalue weighted by Gasteiger charge is 2.27. The van der Waals surface area contributed by atoms with Crippen LogP contribution in [-0.2, 0) is 6.42 Å². The summed E-state index contributed by atoms with van der Waals surface area (Å²) in [7, 11) is 0. The molecule has 0 spiro atoms. The quantitative estimate of drug-likeness (QED) is 0.502. The lowest BCUT2D eigenvalue weighted by Gasteiger charge is -2.15. The van der Waals surface area contributed by atoms with Gasteiger partial charge >= 0.3 is 0 Å². The van der Waals surface area contributed by atoms with Crippen LogP contribution in [0.2, 0.25) is 5.02 Å². The molecule has 0 saturated heterocycles. The molecule has 0 N–H and O–H groups in total. The van der Waals surface area contributed by atoms with E-state index in [1.807, 2.05) is 6.07 Å². The standard InChI is InChI=1S/C20H15Cl/c1-13-10-16-8-9-18(21)12-19(16)20(13)17-7-6-14-4-2-3-5-15(14)11-17/h2-9,11-12,20H,1,10H2/t20-/m1/s1. The smallest absolute Gasteiger partial charge is 0.0409 e. The second kappa shape index (κ2) is 4.75. The number of benzene rings is 3. The third-order valence-corrected chi connectivity index (χ3v) is 4.59. The Morgan fingerprint density at radius 3 is 2.57 bits per heavy atom. The van der Waals surface area contributed by atoms with E-state index in [-0.39, 0.29) is 5.92 Å². The van der Waals surface area contributed by atoms with Crippen LogP contribution in [0.5, 0.6) is 0 Å².